The van der Waals surface area contributed by atoms with Gasteiger partial charge in [0.1, 0.15) is 4.83 Å². The van der Waals surface area contributed by atoms with E-state index < -0.39 is 5.97 Å². The van der Waals surface area contributed by atoms with E-state index in [0.717, 1.165) is 33.7 Å². The molecule has 5 nitrogen and oxygen atoms in total. The van der Waals surface area contributed by atoms with Crippen LogP contribution in [0.3, 0.4) is 0 Å². The number of nitrogens with zero attached hydrogens (tertiary/aromatic N) is 1. The van der Waals surface area contributed by atoms with Crippen LogP contribution in [-0.2, 0) is 4.79 Å². The van der Waals surface area contributed by atoms with E-state index in [0.29, 0.717) is 15.4 Å². The Hall–Kier alpha value is -2.64. The maximum atomic E-state index is 12.5. The lowest BCUT2D eigenvalue weighted by Gasteiger charge is -2.03. The Labute approximate surface area is 150 Å². The number of benzene rings is 2. The fraction of sp³-hybridized carbons (Fsp3) is 0.0556. The number of carboxylic acid groups (broad SMARTS) is 1. The van der Waals surface area contributed by atoms with Crippen LogP contribution in [0.15, 0.2) is 57.8 Å². The van der Waals surface area contributed by atoms with Crippen LogP contribution >= 0.6 is 23.1 Å². The molecule has 7 heteroatoms. The van der Waals surface area contributed by atoms with Crippen LogP contribution in [0.2, 0.25) is 0 Å². The van der Waals surface area contributed by atoms with Gasteiger partial charge in [0.2, 0.25) is 0 Å². The number of thiophene rings is 1. The molecule has 0 spiro atoms. The Kier molecular flexibility index (Phi) is 4.03. The molecule has 0 unspecified atom stereocenters. The normalized spacial score (nSPS) is 11.2. The Morgan fingerprint density at radius 2 is 2.00 bits per heavy atom. The van der Waals surface area contributed by atoms with Gasteiger partial charge in [-0.1, -0.05) is 48.2 Å². The Bertz CT molecular complexity index is 1160. The van der Waals surface area contributed by atoms with Crippen LogP contribution in [0.25, 0.3) is 32.1 Å². The van der Waals surface area contributed by atoms with E-state index >= 15 is 0 Å². The molecular weight excluding hydrogens is 356 g/mol. The zero-order valence-electron chi connectivity index (χ0n) is 12.9. The molecule has 2 N–H and O–H groups in total. The molecule has 4 aromatic rings. The first-order valence-electron chi connectivity index (χ1n) is 7.47. The summed E-state index contributed by atoms with van der Waals surface area (Å²) in [5.41, 5.74) is 1.56. The topological polar surface area (TPSA) is 83.0 Å². The highest BCUT2D eigenvalue weighted by atomic mass is 32.2. The van der Waals surface area contributed by atoms with Gasteiger partial charge in [-0.25, -0.2) is 4.98 Å². The van der Waals surface area contributed by atoms with Gasteiger partial charge in [-0.2, -0.15) is 0 Å². The van der Waals surface area contributed by atoms with E-state index in [4.69, 9.17) is 5.11 Å². The fourth-order valence-electron chi connectivity index (χ4n) is 2.70. The minimum atomic E-state index is -0.948. The number of thioether (sulfide) groups is 1. The van der Waals surface area contributed by atoms with Crippen molar-refractivity contribution >= 4 is 50.1 Å². The Balaban J connectivity index is 1.82. The SMILES string of the molecule is O=C(O)CSc1nc2scc(-c3ccc4ccccc4c3)c2c(=O)[nH]1. The number of hydrogen-bond donors (Lipinski definition) is 2. The number of hydrogen-bond acceptors (Lipinski definition) is 5. The molecule has 0 aliphatic carbocycles. The van der Waals surface area contributed by atoms with Crippen molar-refractivity contribution in [3.63, 3.8) is 0 Å². The summed E-state index contributed by atoms with van der Waals surface area (Å²) in [5, 5.41) is 13.8. The van der Waals surface area contributed by atoms with Crippen LogP contribution in [-0.4, -0.2) is 26.8 Å². The van der Waals surface area contributed by atoms with Gasteiger partial charge in [-0.3, -0.25) is 9.59 Å². The molecule has 0 bridgehead atoms. The van der Waals surface area contributed by atoms with Gasteiger partial charge in [-0.15, -0.1) is 11.3 Å². The first kappa shape index (κ1) is 15.9. The summed E-state index contributed by atoms with van der Waals surface area (Å²) >= 11 is 2.39. The lowest BCUT2D eigenvalue weighted by atomic mass is 10.0. The predicted molar refractivity (Wildman–Crippen MR) is 102 cm³/mol. The summed E-state index contributed by atoms with van der Waals surface area (Å²) in [6, 6.07) is 14.2. The van der Waals surface area contributed by atoms with Crippen molar-refractivity contribution in [1.29, 1.82) is 0 Å². The number of rotatable bonds is 4. The first-order valence-corrected chi connectivity index (χ1v) is 9.33. The smallest absolute Gasteiger partial charge is 0.313 e. The molecule has 0 amide bonds. The van der Waals surface area contributed by atoms with Gasteiger partial charge < -0.3 is 10.1 Å². The zero-order valence-corrected chi connectivity index (χ0v) is 14.5. The van der Waals surface area contributed by atoms with E-state index in [1.54, 1.807) is 0 Å². The number of aliphatic carboxylic acids is 1. The summed E-state index contributed by atoms with van der Waals surface area (Å²) < 4.78 is 0. The molecule has 2 aromatic carbocycles. The van der Waals surface area contributed by atoms with Gasteiger partial charge in [0, 0.05) is 10.9 Å². The number of aromatic nitrogens is 2. The molecular formula is C18H12N2O3S2. The highest BCUT2D eigenvalue weighted by molar-refractivity contribution is 7.99. The quantitative estimate of drug-likeness (QED) is 0.420. The van der Waals surface area contributed by atoms with E-state index in [2.05, 4.69) is 16.0 Å². The summed E-state index contributed by atoms with van der Waals surface area (Å²) in [6.07, 6.45) is 0. The first-order chi connectivity index (χ1) is 12.1. The summed E-state index contributed by atoms with van der Waals surface area (Å²) in [6.45, 7) is 0. The molecule has 0 aliphatic rings. The zero-order chi connectivity index (χ0) is 17.4. The van der Waals surface area contributed by atoms with Crippen molar-refractivity contribution in [3.05, 3.63) is 58.2 Å². The molecule has 4 rings (SSSR count). The monoisotopic (exact) mass is 368 g/mol. The molecule has 25 heavy (non-hydrogen) atoms. The molecule has 2 heterocycles. The Morgan fingerprint density at radius 3 is 2.80 bits per heavy atom. The lowest BCUT2D eigenvalue weighted by Crippen LogP contribution is -2.09. The highest BCUT2D eigenvalue weighted by Gasteiger charge is 2.14. The summed E-state index contributed by atoms with van der Waals surface area (Å²) in [4.78, 5) is 30.9. The van der Waals surface area contributed by atoms with E-state index in [9.17, 15) is 9.59 Å². The molecule has 0 radical (unpaired) electrons. The second-order valence-corrected chi connectivity index (χ2v) is 7.27. The van der Waals surface area contributed by atoms with Crippen LogP contribution < -0.4 is 5.56 Å². The van der Waals surface area contributed by atoms with Crippen LogP contribution in [0.1, 0.15) is 0 Å². The minimum Gasteiger partial charge on any atom is -0.481 e. The predicted octanol–water partition coefficient (Wildman–Crippen LogP) is 3.98. The largest absolute Gasteiger partial charge is 0.481 e. The number of aromatic amines is 1. The van der Waals surface area contributed by atoms with Gasteiger partial charge >= 0.3 is 5.97 Å². The van der Waals surface area contributed by atoms with Crippen LogP contribution in [0.5, 0.6) is 0 Å². The van der Waals surface area contributed by atoms with Crippen molar-refractivity contribution in [2.75, 3.05) is 5.75 Å². The summed E-state index contributed by atoms with van der Waals surface area (Å²) in [5.74, 6) is -1.09. The number of fused-ring (bicyclic) bond motifs is 2. The van der Waals surface area contributed by atoms with E-state index in [-0.39, 0.29) is 11.3 Å². The van der Waals surface area contributed by atoms with Crippen molar-refractivity contribution in [2.45, 2.75) is 5.16 Å². The fourth-order valence-corrected chi connectivity index (χ4v) is 4.28. The standard InChI is InChI=1S/C18H12N2O3S2/c21-14(22)9-25-18-19-16(23)15-13(8-24-17(15)20-18)12-6-5-10-3-1-2-4-11(10)7-12/h1-8H,9H2,(H,21,22)(H,19,20,23). The van der Waals surface area contributed by atoms with Gasteiger partial charge in [-0.05, 0) is 22.4 Å². The minimum absolute atomic E-state index is 0.142. The van der Waals surface area contributed by atoms with Gasteiger partial charge in [0.05, 0.1) is 11.1 Å². The molecule has 124 valence electrons. The molecule has 0 atom stereocenters. The van der Waals surface area contributed by atoms with Crippen molar-refractivity contribution in [1.82, 2.24) is 9.97 Å². The van der Waals surface area contributed by atoms with E-state index in [1.165, 1.54) is 11.3 Å². The Morgan fingerprint density at radius 1 is 1.20 bits per heavy atom. The third-order valence-electron chi connectivity index (χ3n) is 3.82. The van der Waals surface area contributed by atoms with Crippen LogP contribution in [0, 0.1) is 0 Å². The average Bonchev–Trinajstić information content (AvgIpc) is 3.04. The maximum absolute atomic E-state index is 12.5. The lowest BCUT2D eigenvalue weighted by molar-refractivity contribution is -0.133. The third-order valence-corrected chi connectivity index (χ3v) is 5.55. The number of carbonyl (C=O) groups is 1. The maximum Gasteiger partial charge on any atom is 0.313 e. The van der Waals surface area contributed by atoms with Crippen molar-refractivity contribution < 1.29 is 9.90 Å². The van der Waals surface area contributed by atoms with Crippen molar-refractivity contribution in [3.8, 4) is 11.1 Å². The second-order valence-electron chi connectivity index (χ2n) is 5.44. The number of H-pyrrole nitrogens is 1. The van der Waals surface area contributed by atoms with Crippen molar-refractivity contribution in [2.24, 2.45) is 0 Å². The molecule has 0 saturated heterocycles. The second kappa shape index (κ2) is 6.34. The number of carboxylic acids is 1. The van der Waals surface area contributed by atoms with Crippen LogP contribution in [0.4, 0.5) is 0 Å². The highest BCUT2D eigenvalue weighted by Crippen LogP contribution is 2.33. The molecule has 0 fully saturated rings. The van der Waals surface area contributed by atoms with E-state index in [1.807, 2.05) is 41.8 Å². The molecule has 2 aromatic heterocycles. The molecule has 0 aliphatic heterocycles. The van der Waals surface area contributed by atoms with Gasteiger partial charge in [0.25, 0.3) is 5.56 Å². The molecule has 0 saturated carbocycles. The number of nitrogens with one attached hydrogen (secondary N) is 1. The summed E-state index contributed by atoms with van der Waals surface area (Å²) in [7, 11) is 0. The van der Waals surface area contributed by atoms with Gasteiger partial charge in [0.15, 0.2) is 5.16 Å². The average molecular weight is 368 g/mol. The third kappa shape index (κ3) is 3.04.